The second kappa shape index (κ2) is 7.77. The summed E-state index contributed by atoms with van der Waals surface area (Å²) in [5, 5.41) is 6.19. The highest BCUT2D eigenvalue weighted by Gasteiger charge is 2.54. The van der Waals surface area contributed by atoms with E-state index in [0.29, 0.717) is 0 Å². The quantitative estimate of drug-likeness (QED) is 0.482. The van der Waals surface area contributed by atoms with E-state index in [9.17, 15) is 0 Å². The number of nitrogens with zero attached hydrogens (tertiary/aromatic N) is 4. The summed E-state index contributed by atoms with van der Waals surface area (Å²) < 4.78 is 19.8. The number of rotatable bonds is 3. The number of hydrogen-bond donors (Lipinski definition) is 0. The van der Waals surface area contributed by atoms with Gasteiger partial charge in [-0.05, 0) is 67.7 Å². The van der Waals surface area contributed by atoms with Crippen molar-refractivity contribution in [2.45, 2.75) is 52.4 Å². The molecule has 2 aromatic rings. The molecule has 33 heavy (non-hydrogen) atoms. The first kappa shape index (κ1) is 21.0. The molecule has 3 aliphatic heterocycles. The van der Waals surface area contributed by atoms with E-state index in [2.05, 4.69) is 47.7 Å². The van der Waals surface area contributed by atoms with Gasteiger partial charge in [-0.25, -0.2) is 0 Å². The minimum atomic E-state index is -3.21. The molecular weight excluding hydrogens is 427 g/mol. The molecule has 5 nitrogen and oxygen atoms in total. The molecule has 1 atom stereocenters. The Morgan fingerprint density at radius 1 is 0.879 bits per heavy atom. The SMILES string of the molecule is CC1(C)CC2=NN(c3ccccc3)[P@](=O)(N3CCCc4ccccc43)C2=C(N2CCCC2)C1. The Bertz CT molecular complexity index is 1180. The first-order chi connectivity index (χ1) is 16.0. The number of hydrogen-bond acceptors (Lipinski definition) is 3. The Labute approximate surface area is 197 Å². The summed E-state index contributed by atoms with van der Waals surface area (Å²) in [6.45, 7) is 7.57. The van der Waals surface area contributed by atoms with Crippen LogP contribution in [-0.2, 0) is 11.0 Å². The Morgan fingerprint density at radius 3 is 2.39 bits per heavy atom. The van der Waals surface area contributed by atoms with Crippen LogP contribution in [0.25, 0.3) is 0 Å². The summed E-state index contributed by atoms with van der Waals surface area (Å²) in [6.07, 6.45) is 6.30. The number of aryl methyl sites for hydroxylation is 1. The van der Waals surface area contributed by atoms with E-state index in [4.69, 9.17) is 5.10 Å². The van der Waals surface area contributed by atoms with E-state index >= 15 is 4.57 Å². The molecule has 6 heteroatoms. The maximum atomic E-state index is 15.7. The average Bonchev–Trinajstić information content (AvgIpc) is 3.45. The number of allylic oxidation sites excluding steroid dienone is 2. The lowest BCUT2D eigenvalue weighted by molar-refractivity contribution is 0.304. The normalized spacial score (nSPS) is 26.4. The number of benzene rings is 2. The molecule has 0 N–H and O–H groups in total. The highest BCUT2D eigenvalue weighted by atomic mass is 31.2. The second-order valence-corrected chi connectivity index (χ2v) is 13.0. The van der Waals surface area contributed by atoms with Gasteiger partial charge in [-0.15, -0.1) is 0 Å². The van der Waals surface area contributed by atoms with Gasteiger partial charge in [0, 0.05) is 31.0 Å². The third-order valence-electron chi connectivity index (χ3n) is 7.49. The van der Waals surface area contributed by atoms with Crippen LogP contribution in [0, 0.1) is 5.41 Å². The summed E-state index contributed by atoms with van der Waals surface area (Å²) >= 11 is 0. The summed E-state index contributed by atoms with van der Waals surface area (Å²) in [7, 11) is -3.21. The fraction of sp³-hybridized carbons (Fsp3) is 0.444. The zero-order valence-electron chi connectivity index (χ0n) is 19.7. The molecule has 1 aliphatic carbocycles. The van der Waals surface area contributed by atoms with Gasteiger partial charge in [0.15, 0.2) is 0 Å². The topological polar surface area (TPSA) is 39.2 Å². The van der Waals surface area contributed by atoms with Crippen molar-refractivity contribution in [3.05, 3.63) is 71.2 Å². The molecular formula is C27H33N4OP. The van der Waals surface area contributed by atoms with Crippen LogP contribution in [-0.4, -0.2) is 30.2 Å². The van der Waals surface area contributed by atoms with Gasteiger partial charge in [-0.3, -0.25) is 4.57 Å². The zero-order chi connectivity index (χ0) is 22.6. The van der Waals surface area contributed by atoms with Gasteiger partial charge in [-0.1, -0.05) is 50.2 Å². The second-order valence-electron chi connectivity index (χ2n) is 10.6. The van der Waals surface area contributed by atoms with Crippen LogP contribution in [0.2, 0.25) is 0 Å². The van der Waals surface area contributed by atoms with Gasteiger partial charge < -0.3 is 9.57 Å². The van der Waals surface area contributed by atoms with Crippen LogP contribution in [0.4, 0.5) is 11.4 Å². The molecule has 4 aliphatic rings. The van der Waals surface area contributed by atoms with Crippen molar-refractivity contribution in [3.63, 3.8) is 0 Å². The van der Waals surface area contributed by atoms with Crippen molar-refractivity contribution < 1.29 is 4.57 Å². The molecule has 2 aromatic carbocycles. The van der Waals surface area contributed by atoms with Crippen molar-refractivity contribution in [1.82, 2.24) is 4.90 Å². The molecule has 0 saturated carbocycles. The van der Waals surface area contributed by atoms with E-state index in [1.165, 1.54) is 24.1 Å². The standard InChI is InChI=1S/C27H33N4OP/c1-27(2)19-23-26(25(20-27)29-16-8-9-17-29)33(32,31(28-23)22-13-4-3-5-14-22)30-18-10-12-21-11-6-7-15-24(21)30/h3-7,11,13-15H,8-10,12,16-20H2,1-2H3/t33-/m1/s1. The van der Waals surface area contributed by atoms with Gasteiger partial charge in [0.2, 0.25) is 0 Å². The van der Waals surface area contributed by atoms with E-state index in [0.717, 1.165) is 67.7 Å². The summed E-state index contributed by atoms with van der Waals surface area (Å²) in [6, 6.07) is 18.7. The minimum Gasteiger partial charge on any atom is -0.374 e. The zero-order valence-corrected chi connectivity index (χ0v) is 20.6. The Morgan fingerprint density at radius 2 is 1.61 bits per heavy atom. The van der Waals surface area contributed by atoms with E-state index in [-0.39, 0.29) is 5.41 Å². The van der Waals surface area contributed by atoms with E-state index in [1.807, 2.05) is 35.1 Å². The third kappa shape index (κ3) is 3.35. The predicted octanol–water partition coefficient (Wildman–Crippen LogP) is 6.64. The average molecular weight is 461 g/mol. The lowest BCUT2D eigenvalue weighted by atomic mass is 9.78. The summed E-state index contributed by atoms with van der Waals surface area (Å²) in [4.78, 5) is 2.52. The third-order valence-corrected chi connectivity index (χ3v) is 10.5. The molecule has 1 saturated heterocycles. The lowest BCUT2D eigenvalue weighted by Gasteiger charge is -2.43. The predicted molar refractivity (Wildman–Crippen MR) is 137 cm³/mol. The van der Waals surface area contributed by atoms with Crippen molar-refractivity contribution in [1.29, 1.82) is 0 Å². The fourth-order valence-electron chi connectivity index (χ4n) is 6.03. The maximum absolute atomic E-state index is 15.7. The highest BCUT2D eigenvalue weighted by molar-refractivity contribution is 7.73. The molecule has 172 valence electrons. The fourth-order valence-corrected chi connectivity index (χ4v) is 9.26. The molecule has 0 amide bonds. The largest absolute Gasteiger partial charge is 0.374 e. The smallest absolute Gasteiger partial charge is 0.316 e. The van der Waals surface area contributed by atoms with Crippen molar-refractivity contribution in [2.75, 3.05) is 29.1 Å². The van der Waals surface area contributed by atoms with Crippen LogP contribution < -0.4 is 9.45 Å². The number of hydrazone groups is 1. The Balaban J connectivity index is 1.60. The van der Waals surface area contributed by atoms with Gasteiger partial charge in [0.05, 0.1) is 16.7 Å². The van der Waals surface area contributed by atoms with Crippen LogP contribution in [0.5, 0.6) is 0 Å². The highest BCUT2D eigenvalue weighted by Crippen LogP contribution is 2.70. The first-order valence-corrected chi connectivity index (χ1v) is 14.0. The maximum Gasteiger partial charge on any atom is 0.316 e. The van der Waals surface area contributed by atoms with Crippen molar-refractivity contribution in [3.8, 4) is 0 Å². The number of para-hydroxylation sites is 2. The summed E-state index contributed by atoms with van der Waals surface area (Å²) in [5.74, 6) is 0. The minimum absolute atomic E-state index is 0.109. The molecule has 3 heterocycles. The number of anilines is 2. The van der Waals surface area contributed by atoms with Crippen molar-refractivity contribution >= 4 is 24.5 Å². The first-order valence-electron chi connectivity index (χ1n) is 12.4. The molecule has 0 aromatic heterocycles. The molecule has 0 radical (unpaired) electrons. The van der Waals surface area contributed by atoms with Gasteiger partial charge in [-0.2, -0.15) is 9.88 Å². The Kier molecular flexibility index (Phi) is 4.95. The van der Waals surface area contributed by atoms with Crippen LogP contribution >= 0.6 is 7.44 Å². The number of fused-ring (bicyclic) bond motifs is 2. The van der Waals surface area contributed by atoms with E-state index < -0.39 is 7.44 Å². The molecule has 0 spiro atoms. The monoisotopic (exact) mass is 460 g/mol. The van der Waals surface area contributed by atoms with Gasteiger partial charge in [0.25, 0.3) is 0 Å². The number of likely N-dealkylation sites (tertiary alicyclic amines) is 1. The molecule has 0 unspecified atom stereocenters. The van der Waals surface area contributed by atoms with Crippen LogP contribution in [0.3, 0.4) is 0 Å². The Hall–Kier alpha value is -2.52. The van der Waals surface area contributed by atoms with E-state index in [1.54, 1.807) is 0 Å². The van der Waals surface area contributed by atoms with Gasteiger partial charge in [0.1, 0.15) is 0 Å². The van der Waals surface area contributed by atoms with Gasteiger partial charge >= 0.3 is 7.44 Å². The molecule has 0 bridgehead atoms. The summed E-state index contributed by atoms with van der Waals surface area (Å²) in [5.41, 5.74) is 5.74. The van der Waals surface area contributed by atoms with Crippen molar-refractivity contribution in [2.24, 2.45) is 10.5 Å². The van der Waals surface area contributed by atoms with Crippen LogP contribution in [0.15, 0.2) is 70.7 Å². The molecule has 6 rings (SSSR count). The lowest BCUT2D eigenvalue weighted by Crippen LogP contribution is -2.36. The molecule has 1 fully saturated rings. The van der Waals surface area contributed by atoms with Crippen LogP contribution in [0.1, 0.15) is 51.5 Å².